The molecule has 3 aromatic heterocycles. The third-order valence-electron chi connectivity index (χ3n) is 6.49. The second-order valence-corrected chi connectivity index (χ2v) is 12.0. The van der Waals surface area contributed by atoms with E-state index in [0.717, 1.165) is 17.6 Å². The first-order valence-corrected chi connectivity index (χ1v) is 15.1. The molecular formula is C28H22F4N6O2S2. The maximum absolute atomic E-state index is 14.0. The molecular weight excluding hydrogens is 592 g/mol. The first kappa shape index (κ1) is 28.1. The van der Waals surface area contributed by atoms with Crippen LogP contribution in [0.3, 0.4) is 0 Å². The van der Waals surface area contributed by atoms with Gasteiger partial charge in [-0.15, -0.1) is 11.3 Å². The lowest BCUT2D eigenvalue weighted by atomic mass is 10.1. The SMILES string of the molecule is O=S1CCN(Cc2nc(-c3cc4c(Nc5ccc(OCc6cccc(F)c6)c(C(F)(F)F)c5)ncnc4cn3)cs2)C1. The smallest absolute Gasteiger partial charge is 0.420 e. The number of rotatable bonds is 8. The van der Waals surface area contributed by atoms with Crippen molar-refractivity contribution in [2.24, 2.45) is 0 Å². The summed E-state index contributed by atoms with van der Waals surface area (Å²) in [4.78, 5) is 19.7. The van der Waals surface area contributed by atoms with Crippen molar-refractivity contribution in [3.05, 3.63) is 88.4 Å². The average Bonchev–Trinajstić information content (AvgIpc) is 3.60. The number of hydrogen-bond donors (Lipinski definition) is 1. The number of fused-ring (bicyclic) bond motifs is 1. The van der Waals surface area contributed by atoms with Gasteiger partial charge in [-0.1, -0.05) is 12.1 Å². The van der Waals surface area contributed by atoms with Crippen molar-refractivity contribution in [1.82, 2.24) is 24.8 Å². The number of nitrogens with one attached hydrogen (secondary N) is 1. The second-order valence-electron chi connectivity index (χ2n) is 9.51. The summed E-state index contributed by atoms with van der Waals surface area (Å²) < 4.78 is 72.5. The van der Waals surface area contributed by atoms with Crippen LogP contribution < -0.4 is 10.1 Å². The van der Waals surface area contributed by atoms with E-state index < -0.39 is 28.4 Å². The van der Waals surface area contributed by atoms with Crippen molar-refractivity contribution in [3.8, 4) is 17.1 Å². The molecule has 42 heavy (non-hydrogen) atoms. The van der Waals surface area contributed by atoms with Gasteiger partial charge in [-0.05, 0) is 42.0 Å². The van der Waals surface area contributed by atoms with Crippen LogP contribution in [0.25, 0.3) is 22.3 Å². The quantitative estimate of drug-likeness (QED) is 0.208. The summed E-state index contributed by atoms with van der Waals surface area (Å²) in [7, 11) is -0.822. The molecule has 0 radical (unpaired) electrons. The van der Waals surface area contributed by atoms with Crippen LogP contribution in [0.1, 0.15) is 16.1 Å². The summed E-state index contributed by atoms with van der Waals surface area (Å²) in [5.74, 6) is 0.607. The maximum Gasteiger partial charge on any atom is 0.420 e. The predicted molar refractivity (Wildman–Crippen MR) is 152 cm³/mol. The number of nitrogens with zero attached hydrogens (tertiary/aromatic N) is 5. The van der Waals surface area contributed by atoms with Gasteiger partial charge in [0.1, 0.15) is 35.3 Å². The van der Waals surface area contributed by atoms with Crippen molar-refractivity contribution < 1.29 is 26.5 Å². The molecule has 1 aliphatic heterocycles. The molecule has 0 spiro atoms. The summed E-state index contributed by atoms with van der Waals surface area (Å²) in [5.41, 5.74) is 1.26. The highest BCUT2D eigenvalue weighted by Gasteiger charge is 2.35. The van der Waals surface area contributed by atoms with Crippen LogP contribution in [0.2, 0.25) is 0 Å². The van der Waals surface area contributed by atoms with Gasteiger partial charge < -0.3 is 10.1 Å². The van der Waals surface area contributed by atoms with Gasteiger partial charge >= 0.3 is 6.18 Å². The Morgan fingerprint density at radius 1 is 1.07 bits per heavy atom. The average molecular weight is 615 g/mol. The molecule has 216 valence electrons. The summed E-state index contributed by atoms with van der Waals surface area (Å²) in [6, 6.07) is 10.8. The summed E-state index contributed by atoms with van der Waals surface area (Å²) >= 11 is 1.48. The Kier molecular flexibility index (Phi) is 7.84. The highest BCUT2D eigenvalue weighted by molar-refractivity contribution is 7.85. The van der Waals surface area contributed by atoms with Gasteiger partial charge in [0.2, 0.25) is 0 Å². The Morgan fingerprint density at radius 2 is 1.95 bits per heavy atom. The normalized spacial score (nSPS) is 15.8. The lowest BCUT2D eigenvalue weighted by molar-refractivity contribution is -0.139. The number of ether oxygens (including phenoxy) is 1. The van der Waals surface area contributed by atoms with Crippen molar-refractivity contribution in [2.75, 3.05) is 23.5 Å². The zero-order valence-electron chi connectivity index (χ0n) is 21.8. The van der Waals surface area contributed by atoms with E-state index in [-0.39, 0.29) is 18.0 Å². The topological polar surface area (TPSA) is 93.1 Å². The molecule has 0 amide bonds. The molecule has 1 saturated heterocycles. The lowest BCUT2D eigenvalue weighted by Gasteiger charge is -2.16. The van der Waals surface area contributed by atoms with Crippen LogP contribution in [0.5, 0.6) is 5.75 Å². The number of pyridine rings is 1. The Labute approximate surface area is 243 Å². The standard InChI is InChI=1S/C28H22F4N6O2S2/c29-18-3-1-2-17(8-18)13-40-25-5-4-19(9-21(25)28(30,31)32)36-27-20-10-22(33-11-23(20)34-15-35-27)24-14-41-26(37-24)12-38-6-7-42(39)16-38/h1-5,8-11,14-15H,6-7,12-13,16H2,(H,34,35,36). The number of alkyl halides is 3. The third-order valence-corrected chi connectivity index (χ3v) is 8.61. The van der Waals surface area contributed by atoms with E-state index in [1.54, 1.807) is 18.3 Å². The lowest BCUT2D eigenvalue weighted by Crippen LogP contribution is -2.19. The van der Waals surface area contributed by atoms with E-state index in [1.165, 1.54) is 48.0 Å². The van der Waals surface area contributed by atoms with Gasteiger partial charge in [-0.25, -0.2) is 19.3 Å². The molecule has 5 aromatic rings. The summed E-state index contributed by atoms with van der Waals surface area (Å²) in [5, 5.41) is 6.26. The zero-order valence-corrected chi connectivity index (χ0v) is 23.4. The molecule has 1 N–H and O–H groups in total. The van der Waals surface area contributed by atoms with Crippen LogP contribution in [0.4, 0.5) is 29.1 Å². The number of thiazole rings is 1. The number of hydrogen-bond acceptors (Lipinski definition) is 9. The van der Waals surface area contributed by atoms with Crippen LogP contribution in [0, 0.1) is 5.82 Å². The van der Waals surface area contributed by atoms with E-state index in [1.807, 2.05) is 5.38 Å². The van der Waals surface area contributed by atoms with Gasteiger partial charge in [-0.3, -0.25) is 14.1 Å². The Bertz CT molecular complexity index is 1780. The molecule has 0 bridgehead atoms. The molecule has 2 aromatic carbocycles. The predicted octanol–water partition coefficient (Wildman–Crippen LogP) is 6.15. The van der Waals surface area contributed by atoms with Crippen molar-refractivity contribution in [3.63, 3.8) is 0 Å². The monoisotopic (exact) mass is 614 g/mol. The highest BCUT2D eigenvalue weighted by Crippen LogP contribution is 2.39. The minimum absolute atomic E-state index is 0.137. The summed E-state index contributed by atoms with van der Waals surface area (Å²) in [6.07, 6.45) is -1.84. The number of anilines is 2. The van der Waals surface area contributed by atoms with Gasteiger partial charge in [0.05, 0.1) is 41.1 Å². The molecule has 14 heteroatoms. The number of benzene rings is 2. The second kappa shape index (κ2) is 11.7. The van der Waals surface area contributed by atoms with Crippen LogP contribution >= 0.6 is 11.3 Å². The van der Waals surface area contributed by atoms with E-state index in [0.29, 0.717) is 51.8 Å². The molecule has 8 nitrogen and oxygen atoms in total. The Hall–Kier alpha value is -4.01. The van der Waals surface area contributed by atoms with Crippen LogP contribution in [0.15, 0.2) is 66.4 Å². The molecule has 1 aliphatic rings. The largest absolute Gasteiger partial charge is 0.488 e. The van der Waals surface area contributed by atoms with E-state index in [9.17, 15) is 21.8 Å². The van der Waals surface area contributed by atoms with Gasteiger partial charge in [0.25, 0.3) is 0 Å². The van der Waals surface area contributed by atoms with Gasteiger partial charge in [0.15, 0.2) is 0 Å². The maximum atomic E-state index is 14.0. The minimum atomic E-state index is -4.70. The minimum Gasteiger partial charge on any atom is -0.488 e. The van der Waals surface area contributed by atoms with E-state index >= 15 is 0 Å². The Morgan fingerprint density at radius 3 is 2.74 bits per heavy atom. The van der Waals surface area contributed by atoms with E-state index in [4.69, 9.17) is 4.74 Å². The first-order valence-electron chi connectivity index (χ1n) is 12.7. The number of aromatic nitrogens is 4. The van der Waals surface area contributed by atoms with Crippen LogP contribution in [-0.2, 0) is 30.1 Å². The molecule has 0 aliphatic carbocycles. The first-order chi connectivity index (χ1) is 20.2. The molecule has 6 rings (SSSR count). The fourth-order valence-corrected chi connectivity index (χ4v) is 6.51. The van der Waals surface area contributed by atoms with E-state index in [2.05, 4.69) is 30.2 Å². The van der Waals surface area contributed by atoms with Crippen molar-refractivity contribution in [1.29, 1.82) is 0 Å². The fraction of sp³-hybridized carbons (Fsp3) is 0.214. The molecule has 0 saturated carbocycles. The Balaban J connectivity index is 1.25. The molecule has 4 heterocycles. The summed E-state index contributed by atoms with van der Waals surface area (Å²) in [6.45, 7) is 1.14. The molecule has 1 atom stereocenters. The molecule has 1 unspecified atom stereocenters. The third kappa shape index (κ3) is 6.40. The number of halogens is 4. The molecule has 1 fully saturated rings. The highest BCUT2D eigenvalue weighted by atomic mass is 32.2. The zero-order chi connectivity index (χ0) is 29.3. The van der Waals surface area contributed by atoms with Gasteiger partial charge in [0, 0.05) is 39.6 Å². The van der Waals surface area contributed by atoms with Crippen molar-refractivity contribution >= 4 is 44.5 Å². The van der Waals surface area contributed by atoms with Crippen molar-refractivity contribution in [2.45, 2.75) is 19.3 Å². The fourth-order valence-electron chi connectivity index (χ4n) is 4.46. The van der Waals surface area contributed by atoms with Crippen LogP contribution in [-0.4, -0.2) is 47.2 Å². The van der Waals surface area contributed by atoms with Gasteiger partial charge in [-0.2, -0.15) is 13.2 Å².